The molecule has 1 unspecified atom stereocenters. The van der Waals surface area contributed by atoms with Gasteiger partial charge in [0.2, 0.25) is 5.91 Å². The van der Waals surface area contributed by atoms with E-state index in [0.29, 0.717) is 13.1 Å². The van der Waals surface area contributed by atoms with Crippen LogP contribution in [0.5, 0.6) is 0 Å². The van der Waals surface area contributed by atoms with Crippen molar-refractivity contribution in [3.05, 3.63) is 29.8 Å². The molecule has 5 nitrogen and oxygen atoms in total. The number of carbonyl (C=O) groups is 1. The molecule has 0 spiro atoms. The zero-order valence-electron chi connectivity index (χ0n) is 12.3. The molecular formula is C15H22N2O3S. The lowest BCUT2D eigenvalue weighted by Gasteiger charge is -2.30. The molecule has 1 aromatic carbocycles. The van der Waals surface area contributed by atoms with Crippen LogP contribution in [0.4, 0.5) is 0 Å². The van der Waals surface area contributed by atoms with Crippen LogP contribution in [-0.4, -0.2) is 38.1 Å². The molecule has 0 saturated carbocycles. The fourth-order valence-electron chi connectivity index (χ4n) is 2.54. The predicted molar refractivity (Wildman–Crippen MR) is 81.4 cm³/mol. The van der Waals surface area contributed by atoms with Gasteiger partial charge in [-0.2, -0.15) is 0 Å². The van der Waals surface area contributed by atoms with Gasteiger partial charge in [-0.1, -0.05) is 19.1 Å². The van der Waals surface area contributed by atoms with Crippen LogP contribution < -0.4 is 5.73 Å². The van der Waals surface area contributed by atoms with Gasteiger partial charge in [0, 0.05) is 25.6 Å². The number of nitrogens with zero attached hydrogens (tertiary/aromatic N) is 1. The summed E-state index contributed by atoms with van der Waals surface area (Å²) in [5, 5.41) is 0. The molecular weight excluding hydrogens is 288 g/mol. The summed E-state index contributed by atoms with van der Waals surface area (Å²) in [6.45, 7) is 3.21. The molecule has 2 rings (SSSR count). The van der Waals surface area contributed by atoms with Crippen LogP contribution in [0, 0.1) is 5.92 Å². The van der Waals surface area contributed by atoms with Gasteiger partial charge in [0.05, 0.1) is 10.6 Å². The Morgan fingerprint density at radius 3 is 2.57 bits per heavy atom. The predicted octanol–water partition coefficient (Wildman–Crippen LogP) is 1.18. The normalized spacial score (nSPS) is 19.8. The number of sulfone groups is 1. The summed E-state index contributed by atoms with van der Waals surface area (Å²) in [7, 11) is -3.36. The van der Waals surface area contributed by atoms with Gasteiger partial charge in [-0.25, -0.2) is 8.42 Å². The lowest BCUT2D eigenvalue weighted by molar-refractivity contribution is -0.137. The highest BCUT2D eigenvalue weighted by atomic mass is 32.2. The molecule has 1 aliphatic heterocycles. The average molecular weight is 310 g/mol. The number of carbonyl (C=O) groups excluding carboxylic acids is 1. The topological polar surface area (TPSA) is 80.5 Å². The van der Waals surface area contributed by atoms with E-state index in [4.69, 9.17) is 5.73 Å². The van der Waals surface area contributed by atoms with Gasteiger partial charge in [-0.3, -0.25) is 4.79 Å². The zero-order chi connectivity index (χ0) is 15.5. The number of hydrogen-bond acceptors (Lipinski definition) is 4. The number of benzene rings is 1. The third-order valence-electron chi connectivity index (χ3n) is 3.95. The van der Waals surface area contributed by atoms with Gasteiger partial charge in [0.15, 0.2) is 9.84 Å². The lowest BCUT2D eigenvalue weighted by atomic mass is 9.99. The number of rotatable bonds is 5. The lowest BCUT2D eigenvalue weighted by Crippen LogP contribution is -2.42. The number of hydrogen-bond donors (Lipinski definition) is 1. The van der Waals surface area contributed by atoms with Crippen LogP contribution >= 0.6 is 0 Å². The molecule has 1 aliphatic rings. The Morgan fingerprint density at radius 1 is 1.29 bits per heavy atom. The van der Waals surface area contributed by atoms with Crippen molar-refractivity contribution in [3.8, 4) is 0 Å². The summed E-state index contributed by atoms with van der Waals surface area (Å²) in [6.07, 6.45) is 1.83. The third kappa shape index (κ3) is 3.83. The van der Waals surface area contributed by atoms with Crippen LogP contribution in [0.15, 0.2) is 29.2 Å². The van der Waals surface area contributed by atoms with E-state index in [2.05, 4.69) is 0 Å². The number of nitrogens with two attached hydrogens (primary N) is 1. The van der Waals surface area contributed by atoms with Crippen molar-refractivity contribution in [1.29, 1.82) is 0 Å². The third-order valence-corrected chi connectivity index (χ3v) is 5.66. The van der Waals surface area contributed by atoms with E-state index < -0.39 is 9.84 Å². The number of amides is 1. The molecule has 0 radical (unpaired) electrons. The second kappa shape index (κ2) is 6.58. The fourth-order valence-corrected chi connectivity index (χ4v) is 3.78. The molecule has 1 saturated heterocycles. The van der Waals surface area contributed by atoms with Crippen molar-refractivity contribution in [1.82, 2.24) is 4.90 Å². The molecule has 1 atom stereocenters. The molecule has 0 bridgehead atoms. The standard InChI is InChI=1S/C15H22N2O3S/c1-12-3-2-8-17(15(12)18)9-10-21(19,20)14-6-4-13(11-16)5-7-14/h4-7,12H,2-3,8-11,16H2,1H3. The Bertz CT molecular complexity index is 596. The molecule has 0 aliphatic carbocycles. The van der Waals surface area contributed by atoms with Gasteiger partial charge in [-0.05, 0) is 30.5 Å². The zero-order valence-corrected chi connectivity index (χ0v) is 13.1. The summed E-state index contributed by atoms with van der Waals surface area (Å²) in [5.41, 5.74) is 6.40. The largest absolute Gasteiger partial charge is 0.341 e. The van der Waals surface area contributed by atoms with Gasteiger partial charge in [-0.15, -0.1) is 0 Å². The number of likely N-dealkylation sites (tertiary alicyclic amines) is 1. The Balaban J connectivity index is 2.02. The van der Waals surface area contributed by atoms with Crippen molar-refractivity contribution < 1.29 is 13.2 Å². The first-order chi connectivity index (χ1) is 9.94. The van der Waals surface area contributed by atoms with Crippen molar-refractivity contribution in [3.63, 3.8) is 0 Å². The Labute approximate surface area is 126 Å². The minimum Gasteiger partial charge on any atom is -0.341 e. The van der Waals surface area contributed by atoms with Gasteiger partial charge >= 0.3 is 0 Å². The van der Waals surface area contributed by atoms with E-state index in [-0.39, 0.29) is 29.0 Å². The van der Waals surface area contributed by atoms with E-state index in [1.54, 1.807) is 29.2 Å². The molecule has 1 amide bonds. The maximum Gasteiger partial charge on any atom is 0.225 e. The quantitative estimate of drug-likeness (QED) is 0.885. The highest BCUT2D eigenvalue weighted by Gasteiger charge is 2.26. The van der Waals surface area contributed by atoms with Crippen LogP contribution in [0.2, 0.25) is 0 Å². The maximum atomic E-state index is 12.3. The molecule has 1 heterocycles. The minimum absolute atomic E-state index is 0.00490. The molecule has 2 N–H and O–H groups in total. The smallest absolute Gasteiger partial charge is 0.225 e. The molecule has 116 valence electrons. The highest BCUT2D eigenvalue weighted by Crippen LogP contribution is 2.18. The van der Waals surface area contributed by atoms with Crippen LogP contribution in [0.25, 0.3) is 0 Å². The second-order valence-electron chi connectivity index (χ2n) is 5.54. The Morgan fingerprint density at radius 2 is 1.95 bits per heavy atom. The Hall–Kier alpha value is -1.40. The van der Waals surface area contributed by atoms with Gasteiger partial charge in [0.1, 0.15) is 0 Å². The van der Waals surface area contributed by atoms with E-state index in [1.807, 2.05) is 6.92 Å². The van der Waals surface area contributed by atoms with Gasteiger partial charge in [0.25, 0.3) is 0 Å². The summed E-state index contributed by atoms with van der Waals surface area (Å²) in [6, 6.07) is 6.61. The fraction of sp³-hybridized carbons (Fsp3) is 0.533. The maximum absolute atomic E-state index is 12.3. The van der Waals surface area contributed by atoms with Crippen molar-refractivity contribution in [2.75, 3.05) is 18.8 Å². The minimum atomic E-state index is -3.36. The van der Waals surface area contributed by atoms with Crippen molar-refractivity contribution in [2.45, 2.75) is 31.2 Å². The SMILES string of the molecule is CC1CCCN(CCS(=O)(=O)c2ccc(CN)cc2)C1=O. The summed E-state index contributed by atoms with van der Waals surface area (Å²) >= 11 is 0. The average Bonchev–Trinajstić information content (AvgIpc) is 2.49. The monoisotopic (exact) mass is 310 g/mol. The summed E-state index contributed by atoms with van der Waals surface area (Å²) < 4.78 is 24.6. The number of piperidine rings is 1. The summed E-state index contributed by atoms with van der Waals surface area (Å²) in [4.78, 5) is 13.9. The van der Waals surface area contributed by atoms with Crippen LogP contribution in [-0.2, 0) is 21.2 Å². The van der Waals surface area contributed by atoms with Crippen molar-refractivity contribution in [2.24, 2.45) is 11.7 Å². The van der Waals surface area contributed by atoms with Crippen molar-refractivity contribution >= 4 is 15.7 Å². The second-order valence-corrected chi connectivity index (χ2v) is 7.64. The van der Waals surface area contributed by atoms with E-state index >= 15 is 0 Å². The molecule has 21 heavy (non-hydrogen) atoms. The molecule has 0 aromatic heterocycles. The van der Waals surface area contributed by atoms with E-state index in [9.17, 15) is 13.2 Å². The first-order valence-electron chi connectivity index (χ1n) is 7.24. The first-order valence-corrected chi connectivity index (χ1v) is 8.90. The van der Waals surface area contributed by atoms with Crippen LogP contribution in [0.1, 0.15) is 25.3 Å². The van der Waals surface area contributed by atoms with E-state index in [0.717, 1.165) is 18.4 Å². The first kappa shape index (κ1) is 16.0. The Kier molecular flexibility index (Phi) is 5.00. The summed E-state index contributed by atoms with van der Waals surface area (Å²) in [5.74, 6) is 0.0354. The van der Waals surface area contributed by atoms with Crippen LogP contribution in [0.3, 0.4) is 0 Å². The molecule has 1 aromatic rings. The highest BCUT2D eigenvalue weighted by molar-refractivity contribution is 7.91. The molecule has 6 heteroatoms. The molecule has 1 fully saturated rings. The van der Waals surface area contributed by atoms with E-state index in [1.165, 1.54) is 0 Å². The van der Waals surface area contributed by atoms with Gasteiger partial charge < -0.3 is 10.6 Å².